The van der Waals surface area contributed by atoms with Crippen LogP contribution >= 0.6 is 22.9 Å². The van der Waals surface area contributed by atoms with Gasteiger partial charge in [-0.3, -0.25) is 4.79 Å². The van der Waals surface area contributed by atoms with E-state index < -0.39 is 0 Å². The molecule has 19 heavy (non-hydrogen) atoms. The van der Waals surface area contributed by atoms with Crippen molar-refractivity contribution in [3.8, 4) is 0 Å². The van der Waals surface area contributed by atoms with Crippen molar-refractivity contribution in [1.29, 1.82) is 0 Å². The van der Waals surface area contributed by atoms with Gasteiger partial charge in [-0.2, -0.15) is 0 Å². The minimum Gasteiger partial charge on any atom is -0.360 e. The van der Waals surface area contributed by atoms with Gasteiger partial charge in [-0.25, -0.2) is 4.98 Å². The lowest BCUT2D eigenvalue weighted by molar-refractivity contribution is 0.102. The molecule has 0 fully saturated rings. The highest BCUT2D eigenvalue weighted by Crippen LogP contribution is 2.20. The summed E-state index contributed by atoms with van der Waals surface area (Å²) in [6, 6.07) is 3.34. The Labute approximate surface area is 119 Å². The summed E-state index contributed by atoms with van der Waals surface area (Å²) in [7, 11) is 0. The van der Waals surface area contributed by atoms with Gasteiger partial charge in [0, 0.05) is 12.7 Å². The molecule has 0 bridgehead atoms. The molecule has 8 heteroatoms. The third-order valence-electron chi connectivity index (χ3n) is 2.14. The van der Waals surface area contributed by atoms with Crippen molar-refractivity contribution in [2.75, 3.05) is 17.2 Å². The summed E-state index contributed by atoms with van der Waals surface area (Å²) < 4.78 is 0. The number of carbonyl (C=O) groups excluding carboxylic acids is 1. The SMILES string of the molecule is CCCNc1nnc(C(=O)Nc2ncccc2Cl)s1. The first kappa shape index (κ1) is 13.7. The normalized spacial score (nSPS) is 10.2. The highest BCUT2D eigenvalue weighted by molar-refractivity contribution is 7.17. The van der Waals surface area contributed by atoms with Crippen LogP contribution in [0, 0.1) is 0 Å². The van der Waals surface area contributed by atoms with Crippen molar-refractivity contribution in [3.05, 3.63) is 28.4 Å². The summed E-state index contributed by atoms with van der Waals surface area (Å²) in [6.07, 6.45) is 2.53. The lowest BCUT2D eigenvalue weighted by atomic mass is 10.4. The zero-order valence-electron chi connectivity index (χ0n) is 10.2. The molecule has 0 unspecified atom stereocenters. The van der Waals surface area contributed by atoms with E-state index in [1.165, 1.54) is 11.3 Å². The van der Waals surface area contributed by atoms with Gasteiger partial charge in [-0.05, 0) is 18.6 Å². The molecule has 0 aliphatic heterocycles. The Hall–Kier alpha value is -1.73. The Kier molecular flexibility index (Phi) is 4.64. The number of halogens is 1. The molecule has 2 heterocycles. The van der Waals surface area contributed by atoms with Gasteiger partial charge in [0.15, 0.2) is 5.82 Å². The van der Waals surface area contributed by atoms with E-state index in [1.54, 1.807) is 18.3 Å². The summed E-state index contributed by atoms with van der Waals surface area (Å²) >= 11 is 7.10. The fourth-order valence-corrected chi connectivity index (χ4v) is 2.09. The summed E-state index contributed by atoms with van der Waals surface area (Å²) in [4.78, 5) is 15.9. The molecule has 2 aromatic heterocycles. The molecular weight excluding hydrogens is 286 g/mol. The highest BCUT2D eigenvalue weighted by Gasteiger charge is 2.14. The van der Waals surface area contributed by atoms with E-state index in [0.717, 1.165) is 13.0 Å². The summed E-state index contributed by atoms with van der Waals surface area (Å²) in [5.74, 6) is -0.0601. The molecule has 0 aromatic carbocycles. The quantitative estimate of drug-likeness (QED) is 0.887. The topological polar surface area (TPSA) is 79.8 Å². The van der Waals surface area contributed by atoms with Gasteiger partial charge >= 0.3 is 0 Å². The van der Waals surface area contributed by atoms with E-state index in [1.807, 2.05) is 6.92 Å². The molecule has 2 N–H and O–H groups in total. The molecule has 100 valence electrons. The van der Waals surface area contributed by atoms with Crippen molar-refractivity contribution in [2.45, 2.75) is 13.3 Å². The van der Waals surface area contributed by atoms with Crippen molar-refractivity contribution in [3.63, 3.8) is 0 Å². The molecule has 0 atom stereocenters. The average molecular weight is 298 g/mol. The number of nitrogens with one attached hydrogen (secondary N) is 2. The molecule has 0 radical (unpaired) electrons. The third-order valence-corrected chi connectivity index (χ3v) is 3.32. The maximum absolute atomic E-state index is 11.9. The standard InChI is InChI=1S/C11H12ClN5OS/c1-2-5-14-11-17-16-10(19-11)9(18)15-8-7(12)4-3-6-13-8/h3-4,6H,2,5H2,1H3,(H,14,17)(H,13,15,18). The number of amides is 1. The smallest absolute Gasteiger partial charge is 0.287 e. The van der Waals surface area contributed by atoms with Crippen LogP contribution in [0.5, 0.6) is 0 Å². The van der Waals surface area contributed by atoms with Gasteiger partial charge in [0.05, 0.1) is 5.02 Å². The Morgan fingerprint density at radius 1 is 1.47 bits per heavy atom. The van der Waals surface area contributed by atoms with E-state index >= 15 is 0 Å². The van der Waals surface area contributed by atoms with Gasteiger partial charge in [0.1, 0.15) is 0 Å². The van der Waals surface area contributed by atoms with E-state index in [4.69, 9.17) is 11.6 Å². The second kappa shape index (κ2) is 6.44. The lowest BCUT2D eigenvalue weighted by Gasteiger charge is -2.02. The van der Waals surface area contributed by atoms with Gasteiger partial charge in [0.25, 0.3) is 5.91 Å². The molecule has 0 saturated carbocycles. The van der Waals surface area contributed by atoms with Crippen molar-refractivity contribution in [2.24, 2.45) is 0 Å². The maximum Gasteiger partial charge on any atom is 0.287 e. The van der Waals surface area contributed by atoms with Crippen LogP contribution in [0.4, 0.5) is 10.9 Å². The van der Waals surface area contributed by atoms with E-state index in [0.29, 0.717) is 16.0 Å². The number of nitrogens with zero attached hydrogens (tertiary/aromatic N) is 3. The predicted octanol–water partition coefficient (Wildman–Crippen LogP) is 2.66. The van der Waals surface area contributed by atoms with Gasteiger partial charge < -0.3 is 10.6 Å². The minimum atomic E-state index is -0.373. The summed E-state index contributed by atoms with van der Waals surface area (Å²) in [5, 5.41) is 14.6. The fraction of sp³-hybridized carbons (Fsp3) is 0.273. The number of rotatable bonds is 5. The summed E-state index contributed by atoms with van der Waals surface area (Å²) in [5.41, 5.74) is 0. The maximum atomic E-state index is 11.9. The van der Waals surface area contributed by atoms with Crippen LogP contribution in [-0.2, 0) is 0 Å². The minimum absolute atomic E-state index is 0.264. The zero-order valence-corrected chi connectivity index (χ0v) is 11.8. The monoisotopic (exact) mass is 297 g/mol. The van der Waals surface area contributed by atoms with Crippen molar-refractivity contribution < 1.29 is 4.79 Å². The second-order valence-electron chi connectivity index (χ2n) is 3.63. The third kappa shape index (κ3) is 3.62. The van der Waals surface area contributed by atoms with Crippen LogP contribution in [0.15, 0.2) is 18.3 Å². The molecule has 6 nitrogen and oxygen atoms in total. The first-order valence-electron chi connectivity index (χ1n) is 5.70. The van der Waals surface area contributed by atoms with Crippen LogP contribution in [0.3, 0.4) is 0 Å². The first-order chi connectivity index (χ1) is 9.20. The van der Waals surface area contributed by atoms with Crippen LogP contribution < -0.4 is 10.6 Å². The average Bonchev–Trinajstić information content (AvgIpc) is 2.88. The Balaban J connectivity index is 2.04. The van der Waals surface area contributed by atoms with E-state index in [9.17, 15) is 4.79 Å². The van der Waals surface area contributed by atoms with Gasteiger partial charge in [-0.15, -0.1) is 10.2 Å². The highest BCUT2D eigenvalue weighted by atomic mass is 35.5. The molecule has 2 aromatic rings. The van der Waals surface area contributed by atoms with Crippen LogP contribution in [0.1, 0.15) is 23.1 Å². The second-order valence-corrected chi connectivity index (χ2v) is 5.01. The number of aromatic nitrogens is 3. The van der Waals surface area contributed by atoms with Crippen LogP contribution in [0.2, 0.25) is 5.02 Å². The number of hydrogen-bond acceptors (Lipinski definition) is 6. The number of carbonyl (C=O) groups is 1. The molecule has 0 saturated heterocycles. The predicted molar refractivity (Wildman–Crippen MR) is 75.9 cm³/mol. The van der Waals surface area contributed by atoms with Crippen molar-refractivity contribution in [1.82, 2.24) is 15.2 Å². The van der Waals surface area contributed by atoms with Crippen molar-refractivity contribution >= 4 is 39.8 Å². The zero-order chi connectivity index (χ0) is 13.7. The first-order valence-corrected chi connectivity index (χ1v) is 6.89. The van der Waals surface area contributed by atoms with Gasteiger partial charge in [0.2, 0.25) is 10.1 Å². The number of anilines is 2. The molecular formula is C11H12ClN5OS. The van der Waals surface area contributed by atoms with E-state index in [-0.39, 0.29) is 10.9 Å². The molecule has 0 spiro atoms. The fourth-order valence-electron chi connectivity index (χ4n) is 1.26. The Bertz CT molecular complexity index is 574. The van der Waals surface area contributed by atoms with E-state index in [2.05, 4.69) is 25.8 Å². The molecule has 2 rings (SSSR count). The number of hydrogen-bond donors (Lipinski definition) is 2. The Morgan fingerprint density at radius 3 is 3.05 bits per heavy atom. The lowest BCUT2D eigenvalue weighted by Crippen LogP contribution is -2.12. The molecule has 1 amide bonds. The molecule has 0 aliphatic rings. The van der Waals surface area contributed by atoms with Gasteiger partial charge in [-0.1, -0.05) is 29.9 Å². The van der Waals surface area contributed by atoms with Crippen LogP contribution in [0.25, 0.3) is 0 Å². The molecule has 0 aliphatic carbocycles. The number of pyridine rings is 1. The largest absolute Gasteiger partial charge is 0.360 e. The Morgan fingerprint density at radius 2 is 2.32 bits per heavy atom. The van der Waals surface area contributed by atoms with Crippen LogP contribution in [-0.4, -0.2) is 27.6 Å². The summed E-state index contributed by atoms with van der Waals surface area (Å²) in [6.45, 7) is 2.84.